The van der Waals surface area contributed by atoms with E-state index in [-0.39, 0.29) is 18.1 Å². The van der Waals surface area contributed by atoms with Gasteiger partial charge in [0.2, 0.25) is 5.91 Å². The van der Waals surface area contributed by atoms with Gasteiger partial charge in [-0.25, -0.2) is 0 Å². The van der Waals surface area contributed by atoms with Crippen molar-refractivity contribution in [2.24, 2.45) is 5.73 Å². The Hall–Kier alpha value is -0.650. The molecule has 1 fully saturated rings. The number of nitrogens with two attached hydrogens (primary N) is 1. The molecule has 0 radical (unpaired) electrons. The molecule has 1 aliphatic heterocycles. The highest BCUT2D eigenvalue weighted by atomic mass is 16.5. The summed E-state index contributed by atoms with van der Waals surface area (Å²) in [6.07, 6.45) is 1.40. The number of nitrogens with one attached hydrogen (secondary N) is 1. The molecule has 0 aromatic heterocycles. The van der Waals surface area contributed by atoms with Crippen molar-refractivity contribution in [3.8, 4) is 0 Å². The van der Waals surface area contributed by atoms with Gasteiger partial charge in [0.1, 0.15) is 5.54 Å². The largest absolute Gasteiger partial charge is 0.373 e. The van der Waals surface area contributed by atoms with Crippen molar-refractivity contribution in [3.63, 3.8) is 0 Å². The molecule has 1 amide bonds. The summed E-state index contributed by atoms with van der Waals surface area (Å²) in [5.41, 5.74) is 4.88. The lowest BCUT2D eigenvalue weighted by atomic mass is 9.99. The molecule has 1 unspecified atom stereocenters. The summed E-state index contributed by atoms with van der Waals surface area (Å²) in [4.78, 5) is 13.9. The fourth-order valence-corrected chi connectivity index (χ4v) is 2.48. The maximum absolute atomic E-state index is 11.7. The first-order valence-electron chi connectivity index (χ1n) is 6.80. The first-order chi connectivity index (χ1) is 8.37. The Morgan fingerprint density at radius 1 is 1.44 bits per heavy atom. The molecule has 3 N–H and O–H groups in total. The van der Waals surface area contributed by atoms with E-state index < -0.39 is 5.54 Å². The molecule has 0 aromatic carbocycles. The number of rotatable bonds is 6. The molecule has 1 aliphatic rings. The lowest BCUT2D eigenvalue weighted by molar-refractivity contribution is -0.126. The molecule has 1 saturated heterocycles. The normalized spacial score (nSPS) is 28.9. The second-order valence-corrected chi connectivity index (χ2v) is 5.57. The SMILES string of the molecule is CCCNC(C)(CN1C[C@@H](C)O[C@@H](C)C1)C(N)=O. The van der Waals surface area contributed by atoms with E-state index in [9.17, 15) is 4.79 Å². The van der Waals surface area contributed by atoms with E-state index in [2.05, 4.69) is 31.0 Å². The van der Waals surface area contributed by atoms with Gasteiger partial charge >= 0.3 is 0 Å². The van der Waals surface area contributed by atoms with E-state index in [0.717, 1.165) is 26.1 Å². The highest BCUT2D eigenvalue weighted by Crippen LogP contribution is 2.14. The van der Waals surface area contributed by atoms with Crippen molar-refractivity contribution < 1.29 is 9.53 Å². The number of morpholine rings is 1. The van der Waals surface area contributed by atoms with Gasteiger partial charge in [-0.05, 0) is 33.7 Å². The van der Waals surface area contributed by atoms with E-state index in [1.54, 1.807) is 0 Å². The van der Waals surface area contributed by atoms with Crippen LogP contribution in [0.15, 0.2) is 0 Å². The quantitative estimate of drug-likeness (QED) is 0.720. The minimum atomic E-state index is -0.660. The smallest absolute Gasteiger partial charge is 0.238 e. The lowest BCUT2D eigenvalue weighted by Crippen LogP contribution is -2.62. The number of nitrogens with zero attached hydrogens (tertiary/aromatic N) is 1. The fraction of sp³-hybridized carbons (Fsp3) is 0.923. The molecule has 5 nitrogen and oxygen atoms in total. The first-order valence-corrected chi connectivity index (χ1v) is 6.80. The zero-order valence-electron chi connectivity index (χ0n) is 12.0. The molecular formula is C13H27N3O2. The molecule has 0 bridgehead atoms. The second kappa shape index (κ2) is 6.50. The van der Waals surface area contributed by atoms with E-state index in [1.165, 1.54) is 0 Å². The first kappa shape index (κ1) is 15.4. The average Bonchev–Trinajstić information content (AvgIpc) is 2.24. The van der Waals surface area contributed by atoms with Gasteiger partial charge in [0, 0.05) is 19.6 Å². The summed E-state index contributed by atoms with van der Waals surface area (Å²) in [5, 5.41) is 3.27. The van der Waals surface area contributed by atoms with E-state index >= 15 is 0 Å². The Balaban J connectivity index is 2.62. The van der Waals surface area contributed by atoms with Crippen LogP contribution in [0.2, 0.25) is 0 Å². The Bertz CT molecular complexity index is 275. The van der Waals surface area contributed by atoms with Crippen LogP contribution in [-0.4, -0.2) is 54.7 Å². The van der Waals surface area contributed by atoms with Crippen LogP contribution in [0.25, 0.3) is 0 Å². The highest BCUT2D eigenvalue weighted by molar-refractivity contribution is 5.84. The van der Waals surface area contributed by atoms with Gasteiger partial charge in [0.15, 0.2) is 0 Å². The van der Waals surface area contributed by atoms with E-state index in [0.29, 0.717) is 6.54 Å². The maximum Gasteiger partial charge on any atom is 0.238 e. The number of primary amides is 1. The van der Waals surface area contributed by atoms with Crippen LogP contribution < -0.4 is 11.1 Å². The van der Waals surface area contributed by atoms with E-state index in [4.69, 9.17) is 10.5 Å². The minimum absolute atomic E-state index is 0.206. The number of carbonyl (C=O) groups is 1. The van der Waals surface area contributed by atoms with E-state index in [1.807, 2.05) is 6.92 Å². The Labute approximate surface area is 110 Å². The average molecular weight is 257 g/mol. The molecule has 106 valence electrons. The predicted octanol–water partition coefficient (Wildman–Crippen LogP) is 0.339. The van der Waals surface area contributed by atoms with Gasteiger partial charge < -0.3 is 15.8 Å². The molecule has 18 heavy (non-hydrogen) atoms. The van der Waals surface area contributed by atoms with Crippen LogP contribution in [0, 0.1) is 0 Å². The van der Waals surface area contributed by atoms with Crippen molar-refractivity contribution in [3.05, 3.63) is 0 Å². The molecule has 5 heteroatoms. The van der Waals surface area contributed by atoms with Crippen molar-refractivity contribution in [2.45, 2.75) is 51.9 Å². The fourth-order valence-electron chi connectivity index (χ4n) is 2.48. The van der Waals surface area contributed by atoms with Crippen LogP contribution in [-0.2, 0) is 9.53 Å². The third kappa shape index (κ3) is 4.23. The van der Waals surface area contributed by atoms with Gasteiger partial charge in [-0.3, -0.25) is 9.69 Å². The van der Waals surface area contributed by atoms with Crippen molar-refractivity contribution in [1.82, 2.24) is 10.2 Å². The number of ether oxygens (including phenoxy) is 1. The number of hydrogen-bond donors (Lipinski definition) is 2. The molecule has 0 spiro atoms. The van der Waals surface area contributed by atoms with Crippen LogP contribution in [0.1, 0.15) is 34.1 Å². The molecule has 1 heterocycles. The standard InChI is InChI=1S/C13H27N3O2/c1-5-6-15-13(4,12(14)17)9-16-7-10(2)18-11(3)8-16/h10-11,15H,5-9H2,1-4H3,(H2,14,17)/t10-,11+,13?. The second-order valence-electron chi connectivity index (χ2n) is 5.57. The maximum atomic E-state index is 11.7. The predicted molar refractivity (Wildman–Crippen MR) is 72.3 cm³/mol. The third-order valence-electron chi connectivity index (χ3n) is 3.34. The molecule has 3 atom stereocenters. The molecule has 0 aliphatic carbocycles. The van der Waals surface area contributed by atoms with Crippen molar-refractivity contribution in [1.29, 1.82) is 0 Å². The molecule has 0 aromatic rings. The Morgan fingerprint density at radius 3 is 2.44 bits per heavy atom. The van der Waals surface area contributed by atoms with Gasteiger partial charge in [0.05, 0.1) is 12.2 Å². The zero-order valence-corrected chi connectivity index (χ0v) is 12.0. The molecule has 1 rings (SSSR count). The summed E-state index contributed by atoms with van der Waals surface area (Å²) in [6.45, 7) is 11.2. The van der Waals surface area contributed by atoms with Crippen LogP contribution in [0.3, 0.4) is 0 Å². The lowest BCUT2D eigenvalue weighted by Gasteiger charge is -2.40. The van der Waals surface area contributed by atoms with Crippen LogP contribution >= 0.6 is 0 Å². The third-order valence-corrected chi connectivity index (χ3v) is 3.34. The molecular weight excluding hydrogens is 230 g/mol. The number of carbonyl (C=O) groups excluding carboxylic acids is 1. The van der Waals surface area contributed by atoms with Crippen molar-refractivity contribution >= 4 is 5.91 Å². The zero-order chi connectivity index (χ0) is 13.8. The van der Waals surface area contributed by atoms with Crippen LogP contribution in [0.5, 0.6) is 0 Å². The van der Waals surface area contributed by atoms with Crippen molar-refractivity contribution in [2.75, 3.05) is 26.2 Å². The summed E-state index contributed by atoms with van der Waals surface area (Å²) in [5.74, 6) is -0.289. The van der Waals surface area contributed by atoms with Gasteiger partial charge in [0.25, 0.3) is 0 Å². The summed E-state index contributed by atoms with van der Waals surface area (Å²) < 4.78 is 5.69. The van der Waals surface area contributed by atoms with Gasteiger partial charge in [-0.15, -0.1) is 0 Å². The Kier molecular flexibility index (Phi) is 5.56. The highest BCUT2D eigenvalue weighted by Gasteiger charge is 2.34. The minimum Gasteiger partial charge on any atom is -0.373 e. The summed E-state index contributed by atoms with van der Waals surface area (Å²) >= 11 is 0. The Morgan fingerprint density at radius 2 is 2.00 bits per heavy atom. The monoisotopic (exact) mass is 257 g/mol. The topological polar surface area (TPSA) is 67.6 Å². The number of hydrogen-bond acceptors (Lipinski definition) is 4. The van der Waals surface area contributed by atoms with Gasteiger partial charge in [-0.1, -0.05) is 6.92 Å². The summed E-state index contributed by atoms with van der Waals surface area (Å²) in [7, 11) is 0. The molecule has 0 saturated carbocycles. The summed E-state index contributed by atoms with van der Waals surface area (Å²) in [6, 6.07) is 0. The number of amides is 1. The van der Waals surface area contributed by atoms with Gasteiger partial charge in [-0.2, -0.15) is 0 Å². The van der Waals surface area contributed by atoms with Crippen LogP contribution in [0.4, 0.5) is 0 Å².